The fraction of sp³-hybridized carbons (Fsp3) is 0.462. The van der Waals surface area contributed by atoms with Crippen molar-refractivity contribution in [3.63, 3.8) is 0 Å². The lowest BCUT2D eigenvalue weighted by atomic mass is 10.1. The van der Waals surface area contributed by atoms with E-state index in [4.69, 9.17) is 27.9 Å². The van der Waals surface area contributed by atoms with E-state index in [2.05, 4.69) is 0 Å². The highest BCUT2D eigenvalue weighted by molar-refractivity contribution is 6.43. The van der Waals surface area contributed by atoms with Crippen molar-refractivity contribution in [3.05, 3.63) is 37.9 Å². The largest absolute Gasteiger partial charge is 0.383 e. The fourth-order valence-electron chi connectivity index (χ4n) is 1.78. The lowest BCUT2D eigenvalue weighted by Crippen LogP contribution is -2.39. The average molecular weight is 335 g/mol. The van der Waals surface area contributed by atoms with Gasteiger partial charge in [-0.15, -0.1) is 0 Å². The van der Waals surface area contributed by atoms with E-state index in [-0.39, 0.29) is 33.2 Å². The SMILES string of the molecule is COCCN(C(=O)c1cc(Cl)c(Cl)c([N+](=O)[O-])c1)C(C)C. The minimum atomic E-state index is -0.667. The number of halogens is 2. The molecule has 8 heteroatoms. The Morgan fingerprint density at radius 2 is 2.05 bits per heavy atom. The van der Waals surface area contributed by atoms with E-state index in [1.807, 2.05) is 13.8 Å². The van der Waals surface area contributed by atoms with Gasteiger partial charge >= 0.3 is 0 Å². The number of methoxy groups -OCH3 is 1. The predicted molar refractivity (Wildman–Crippen MR) is 81.2 cm³/mol. The van der Waals surface area contributed by atoms with E-state index in [1.165, 1.54) is 13.2 Å². The van der Waals surface area contributed by atoms with Crippen molar-refractivity contribution in [2.45, 2.75) is 19.9 Å². The molecule has 0 aromatic heterocycles. The summed E-state index contributed by atoms with van der Waals surface area (Å²) in [5.41, 5.74) is -0.260. The van der Waals surface area contributed by atoms with Gasteiger partial charge in [0.05, 0.1) is 16.6 Å². The van der Waals surface area contributed by atoms with Crippen molar-refractivity contribution < 1.29 is 14.5 Å². The molecular formula is C13H16Cl2N2O4. The average Bonchev–Trinajstić information content (AvgIpc) is 2.41. The number of amides is 1. The normalized spacial score (nSPS) is 10.8. The summed E-state index contributed by atoms with van der Waals surface area (Å²) in [4.78, 5) is 24.3. The summed E-state index contributed by atoms with van der Waals surface area (Å²) in [6.07, 6.45) is 0. The zero-order valence-electron chi connectivity index (χ0n) is 11.9. The van der Waals surface area contributed by atoms with Gasteiger partial charge in [-0.3, -0.25) is 14.9 Å². The van der Waals surface area contributed by atoms with E-state index in [0.29, 0.717) is 13.2 Å². The molecule has 0 saturated heterocycles. The molecular weight excluding hydrogens is 319 g/mol. The second kappa shape index (κ2) is 7.59. The van der Waals surface area contributed by atoms with Crippen LogP contribution in [0.15, 0.2) is 12.1 Å². The third kappa shape index (κ3) is 4.30. The van der Waals surface area contributed by atoms with Gasteiger partial charge < -0.3 is 9.64 Å². The number of nitro groups is 1. The first-order valence-electron chi connectivity index (χ1n) is 6.23. The van der Waals surface area contributed by atoms with Crippen LogP contribution in [0, 0.1) is 10.1 Å². The van der Waals surface area contributed by atoms with Gasteiger partial charge in [-0.2, -0.15) is 0 Å². The van der Waals surface area contributed by atoms with Crippen molar-refractivity contribution in [1.29, 1.82) is 0 Å². The van der Waals surface area contributed by atoms with Crippen LogP contribution in [0.25, 0.3) is 0 Å². The maximum atomic E-state index is 12.5. The maximum Gasteiger partial charge on any atom is 0.290 e. The van der Waals surface area contributed by atoms with Crippen LogP contribution in [0.2, 0.25) is 10.0 Å². The van der Waals surface area contributed by atoms with Gasteiger partial charge in [-0.25, -0.2) is 0 Å². The van der Waals surface area contributed by atoms with E-state index in [0.717, 1.165) is 6.07 Å². The minimum Gasteiger partial charge on any atom is -0.383 e. The molecule has 1 aromatic rings. The van der Waals surface area contributed by atoms with Crippen LogP contribution in [-0.4, -0.2) is 42.0 Å². The molecule has 0 spiro atoms. The lowest BCUT2D eigenvalue weighted by molar-refractivity contribution is -0.384. The van der Waals surface area contributed by atoms with Gasteiger partial charge in [0, 0.05) is 31.3 Å². The number of carbonyl (C=O) groups is 1. The van der Waals surface area contributed by atoms with Gasteiger partial charge in [-0.05, 0) is 19.9 Å². The fourth-order valence-corrected chi connectivity index (χ4v) is 2.17. The number of hydrogen-bond donors (Lipinski definition) is 0. The highest BCUT2D eigenvalue weighted by Crippen LogP contribution is 2.33. The number of nitrogens with zero attached hydrogens (tertiary/aromatic N) is 2. The summed E-state index contributed by atoms with van der Waals surface area (Å²) >= 11 is 11.6. The summed E-state index contributed by atoms with van der Waals surface area (Å²) in [5.74, 6) is -0.358. The molecule has 0 heterocycles. The number of hydrogen-bond acceptors (Lipinski definition) is 4. The number of carbonyl (C=O) groups excluding carboxylic acids is 1. The molecule has 116 valence electrons. The Hall–Kier alpha value is -1.37. The summed E-state index contributed by atoms with van der Waals surface area (Å²) in [6, 6.07) is 2.39. The Morgan fingerprint density at radius 1 is 1.43 bits per heavy atom. The van der Waals surface area contributed by atoms with Crippen molar-refractivity contribution in [2.75, 3.05) is 20.3 Å². The number of benzene rings is 1. The molecule has 0 aliphatic rings. The molecule has 1 aromatic carbocycles. The predicted octanol–water partition coefficient (Wildman–Crippen LogP) is 3.40. The molecule has 21 heavy (non-hydrogen) atoms. The Kier molecular flexibility index (Phi) is 6.39. The molecule has 0 fully saturated rings. The van der Waals surface area contributed by atoms with Gasteiger partial charge in [0.2, 0.25) is 0 Å². The summed E-state index contributed by atoms with van der Waals surface area (Å²) in [7, 11) is 1.53. The van der Waals surface area contributed by atoms with Crippen LogP contribution in [0.5, 0.6) is 0 Å². The van der Waals surface area contributed by atoms with E-state index < -0.39 is 4.92 Å². The molecule has 0 saturated carbocycles. The quantitative estimate of drug-likeness (QED) is 0.590. The minimum absolute atomic E-state index is 0.0235. The molecule has 0 bridgehead atoms. The van der Waals surface area contributed by atoms with Crippen molar-refractivity contribution in [2.24, 2.45) is 0 Å². The Bertz CT molecular complexity index is 549. The van der Waals surface area contributed by atoms with Gasteiger partial charge in [0.1, 0.15) is 5.02 Å². The summed E-state index contributed by atoms with van der Waals surface area (Å²) < 4.78 is 4.96. The highest BCUT2D eigenvalue weighted by Gasteiger charge is 2.24. The van der Waals surface area contributed by atoms with Crippen LogP contribution >= 0.6 is 23.2 Å². The van der Waals surface area contributed by atoms with E-state index in [1.54, 1.807) is 4.90 Å². The Labute approximate surface area is 132 Å². The Morgan fingerprint density at radius 3 is 2.52 bits per heavy atom. The molecule has 0 atom stereocenters. The topological polar surface area (TPSA) is 72.7 Å². The lowest BCUT2D eigenvalue weighted by Gasteiger charge is -2.26. The van der Waals surface area contributed by atoms with Gasteiger partial charge in [0.15, 0.2) is 0 Å². The first-order valence-corrected chi connectivity index (χ1v) is 6.98. The third-order valence-electron chi connectivity index (χ3n) is 2.87. The molecule has 0 unspecified atom stereocenters. The van der Waals surface area contributed by atoms with Crippen LogP contribution in [0.1, 0.15) is 24.2 Å². The van der Waals surface area contributed by atoms with Crippen molar-refractivity contribution >= 4 is 34.8 Å². The first-order chi connectivity index (χ1) is 9.79. The maximum absolute atomic E-state index is 12.5. The second-order valence-corrected chi connectivity index (χ2v) is 5.42. The molecule has 0 aliphatic carbocycles. The summed E-state index contributed by atoms with van der Waals surface area (Å²) in [5, 5.41) is 10.7. The van der Waals surface area contributed by atoms with Gasteiger partial charge in [-0.1, -0.05) is 23.2 Å². The molecule has 6 nitrogen and oxygen atoms in total. The molecule has 0 radical (unpaired) electrons. The van der Waals surface area contributed by atoms with E-state index in [9.17, 15) is 14.9 Å². The van der Waals surface area contributed by atoms with Crippen LogP contribution in [0.3, 0.4) is 0 Å². The number of nitro benzene ring substituents is 1. The Balaban J connectivity index is 3.19. The third-order valence-corrected chi connectivity index (χ3v) is 3.67. The van der Waals surface area contributed by atoms with Crippen molar-refractivity contribution in [3.8, 4) is 0 Å². The summed E-state index contributed by atoms with van der Waals surface area (Å²) in [6.45, 7) is 4.44. The van der Waals surface area contributed by atoms with Crippen LogP contribution in [-0.2, 0) is 4.74 Å². The standard InChI is InChI=1S/C13H16Cl2N2O4/c1-8(2)16(4-5-21-3)13(18)9-6-10(14)12(15)11(7-9)17(19)20/h6-8H,4-5H2,1-3H3. The molecule has 0 aliphatic heterocycles. The zero-order valence-corrected chi connectivity index (χ0v) is 13.4. The number of ether oxygens (including phenoxy) is 1. The van der Waals surface area contributed by atoms with Gasteiger partial charge in [0.25, 0.3) is 11.6 Å². The number of rotatable bonds is 6. The second-order valence-electron chi connectivity index (χ2n) is 4.63. The smallest absolute Gasteiger partial charge is 0.290 e. The van der Waals surface area contributed by atoms with E-state index >= 15 is 0 Å². The van der Waals surface area contributed by atoms with Crippen LogP contribution < -0.4 is 0 Å². The molecule has 1 amide bonds. The first kappa shape index (κ1) is 17.7. The monoisotopic (exact) mass is 334 g/mol. The molecule has 0 N–H and O–H groups in total. The van der Waals surface area contributed by atoms with Crippen LogP contribution in [0.4, 0.5) is 5.69 Å². The highest BCUT2D eigenvalue weighted by atomic mass is 35.5. The van der Waals surface area contributed by atoms with Crippen molar-refractivity contribution in [1.82, 2.24) is 4.90 Å². The zero-order chi connectivity index (χ0) is 16.2. The molecule has 1 rings (SSSR count).